The van der Waals surface area contributed by atoms with E-state index in [1.807, 2.05) is 30.3 Å². The fourth-order valence-corrected chi connectivity index (χ4v) is 5.42. The molecule has 3 aromatic rings. The number of aliphatic hydroxyl groups excluding tert-OH is 1. The van der Waals surface area contributed by atoms with Gasteiger partial charge in [0.1, 0.15) is 11.4 Å². The maximum absolute atomic E-state index is 11.4. The van der Waals surface area contributed by atoms with Crippen LogP contribution in [0.1, 0.15) is 50.1 Å². The van der Waals surface area contributed by atoms with Crippen LogP contribution < -0.4 is 9.64 Å². The lowest BCUT2D eigenvalue weighted by atomic mass is 9.95. The van der Waals surface area contributed by atoms with Crippen LogP contribution in [-0.2, 0) is 12.2 Å². The van der Waals surface area contributed by atoms with Gasteiger partial charge in [-0.25, -0.2) is 0 Å². The van der Waals surface area contributed by atoms with Gasteiger partial charge in [0.2, 0.25) is 0 Å². The Morgan fingerprint density at radius 3 is 2.46 bits per heavy atom. The Bertz CT molecular complexity index is 1170. The molecule has 2 aromatic carbocycles. The number of hydrogen-bond donors (Lipinski definition) is 2. The Hall–Kier alpha value is -2.35. The summed E-state index contributed by atoms with van der Waals surface area (Å²) >= 11 is 13.0. The van der Waals surface area contributed by atoms with Crippen LogP contribution in [0.4, 0.5) is 5.69 Å². The second kappa shape index (κ2) is 12.0. The number of piperazine rings is 1. The maximum Gasteiger partial charge on any atom is 0.120 e. The van der Waals surface area contributed by atoms with Crippen LogP contribution in [0, 0.1) is 0 Å². The van der Waals surface area contributed by atoms with Gasteiger partial charge in [0, 0.05) is 43.0 Å². The molecule has 8 heteroatoms. The molecule has 198 valence electrons. The Morgan fingerprint density at radius 1 is 1.08 bits per heavy atom. The number of β-amino-alcohol motifs (C(OH)–C–C–N with tert-alkyl or cyclic N) is 1. The van der Waals surface area contributed by atoms with Crippen molar-refractivity contribution >= 4 is 28.9 Å². The minimum atomic E-state index is -1.16. The largest absolute Gasteiger partial charge is 0.494 e. The molecule has 0 saturated carbocycles. The van der Waals surface area contributed by atoms with E-state index in [2.05, 4.69) is 40.8 Å². The standard InChI is InChI=1S/C29H35Cl2N3O3/c1-4-13-37-24-10-11-26(25(31)14-24)34-20(2)16-33(17-27(34)22-6-8-23(30)9-7-22)19-29(3,36)28-12-5-21(18-35)15-32-28/h5-12,14-15,20,27,35-36H,4,13,16-19H2,1-3H3/t20-,27-,29+/m0/s1. The van der Waals surface area contributed by atoms with Crippen molar-refractivity contribution in [3.63, 3.8) is 0 Å². The SMILES string of the molecule is CCCOc1ccc(N2[C@@H](C)CN(C[C@@](C)(O)c3ccc(CO)cn3)C[C@H]2c2ccc(Cl)cc2)c(Cl)c1. The normalized spacial score (nSPS) is 20.0. The number of anilines is 1. The van der Waals surface area contributed by atoms with E-state index >= 15 is 0 Å². The molecule has 1 aliphatic heterocycles. The van der Waals surface area contributed by atoms with Crippen LogP contribution in [0.25, 0.3) is 0 Å². The van der Waals surface area contributed by atoms with Gasteiger partial charge in [-0.05, 0) is 61.7 Å². The van der Waals surface area contributed by atoms with Gasteiger partial charge in [-0.2, -0.15) is 0 Å². The topological polar surface area (TPSA) is 69.1 Å². The van der Waals surface area contributed by atoms with Crippen molar-refractivity contribution in [2.24, 2.45) is 0 Å². The Balaban J connectivity index is 1.62. The number of aliphatic hydroxyl groups is 2. The van der Waals surface area contributed by atoms with Crippen molar-refractivity contribution in [2.45, 2.75) is 51.5 Å². The molecule has 2 heterocycles. The lowest BCUT2D eigenvalue weighted by Crippen LogP contribution is -2.56. The summed E-state index contributed by atoms with van der Waals surface area (Å²) in [4.78, 5) is 9.03. The van der Waals surface area contributed by atoms with E-state index in [0.29, 0.717) is 41.0 Å². The third-order valence-electron chi connectivity index (χ3n) is 6.78. The van der Waals surface area contributed by atoms with E-state index in [-0.39, 0.29) is 18.7 Å². The highest BCUT2D eigenvalue weighted by Crippen LogP contribution is 2.40. The second-order valence-corrected chi connectivity index (χ2v) is 10.8. The van der Waals surface area contributed by atoms with Gasteiger partial charge in [-0.3, -0.25) is 9.88 Å². The zero-order valence-electron chi connectivity index (χ0n) is 21.6. The van der Waals surface area contributed by atoms with Crippen molar-refractivity contribution < 1.29 is 14.9 Å². The molecule has 3 atom stereocenters. The zero-order chi connectivity index (χ0) is 26.6. The molecule has 0 spiro atoms. The molecule has 0 aliphatic carbocycles. The molecular formula is C29H35Cl2N3O3. The van der Waals surface area contributed by atoms with Crippen LogP contribution in [-0.4, -0.2) is 52.4 Å². The summed E-state index contributed by atoms with van der Waals surface area (Å²) in [5.74, 6) is 0.765. The fraction of sp³-hybridized carbons (Fsp3) is 0.414. The van der Waals surface area contributed by atoms with Crippen molar-refractivity contribution in [1.29, 1.82) is 0 Å². The molecule has 1 saturated heterocycles. The van der Waals surface area contributed by atoms with E-state index in [1.54, 1.807) is 25.3 Å². The van der Waals surface area contributed by atoms with Gasteiger partial charge in [0.25, 0.3) is 0 Å². The smallest absolute Gasteiger partial charge is 0.120 e. The van der Waals surface area contributed by atoms with Gasteiger partial charge < -0.3 is 19.8 Å². The molecule has 1 aromatic heterocycles. The van der Waals surface area contributed by atoms with Crippen LogP contribution in [0.5, 0.6) is 5.75 Å². The van der Waals surface area contributed by atoms with Crippen molar-refractivity contribution in [2.75, 3.05) is 31.1 Å². The second-order valence-electron chi connectivity index (χ2n) is 9.96. The van der Waals surface area contributed by atoms with Crippen LogP contribution in [0.2, 0.25) is 10.0 Å². The average molecular weight is 545 g/mol. The number of hydrogen-bond acceptors (Lipinski definition) is 6. The highest BCUT2D eigenvalue weighted by atomic mass is 35.5. The van der Waals surface area contributed by atoms with Crippen LogP contribution >= 0.6 is 23.2 Å². The number of aromatic nitrogens is 1. The monoisotopic (exact) mass is 543 g/mol. The molecule has 1 aliphatic rings. The summed E-state index contributed by atoms with van der Waals surface area (Å²) < 4.78 is 5.78. The van der Waals surface area contributed by atoms with Gasteiger partial charge in [-0.1, -0.05) is 48.3 Å². The van der Waals surface area contributed by atoms with E-state index in [1.165, 1.54) is 0 Å². The molecule has 1 fully saturated rings. The molecule has 0 amide bonds. The van der Waals surface area contributed by atoms with Gasteiger partial charge >= 0.3 is 0 Å². The van der Waals surface area contributed by atoms with E-state index in [0.717, 1.165) is 30.0 Å². The van der Waals surface area contributed by atoms with Crippen LogP contribution in [0.15, 0.2) is 60.8 Å². The van der Waals surface area contributed by atoms with Crippen molar-refractivity contribution in [1.82, 2.24) is 9.88 Å². The first-order chi connectivity index (χ1) is 17.7. The molecular weight excluding hydrogens is 509 g/mol. The molecule has 0 unspecified atom stereocenters. The number of rotatable bonds is 9. The minimum Gasteiger partial charge on any atom is -0.494 e. The predicted octanol–water partition coefficient (Wildman–Crippen LogP) is 5.83. The summed E-state index contributed by atoms with van der Waals surface area (Å²) in [6.45, 7) is 8.44. The first-order valence-electron chi connectivity index (χ1n) is 12.7. The summed E-state index contributed by atoms with van der Waals surface area (Å²) in [7, 11) is 0. The molecule has 2 N–H and O–H groups in total. The third-order valence-corrected chi connectivity index (χ3v) is 7.33. The quantitative estimate of drug-likeness (QED) is 0.354. The third kappa shape index (κ3) is 6.57. The van der Waals surface area contributed by atoms with E-state index < -0.39 is 5.60 Å². The summed E-state index contributed by atoms with van der Waals surface area (Å²) in [5, 5.41) is 22.0. The Kier molecular flexibility index (Phi) is 8.98. The maximum atomic E-state index is 11.4. The van der Waals surface area contributed by atoms with Gasteiger partial charge in [-0.15, -0.1) is 0 Å². The first kappa shape index (κ1) is 27.7. The number of benzene rings is 2. The zero-order valence-corrected chi connectivity index (χ0v) is 23.1. The lowest BCUT2D eigenvalue weighted by Gasteiger charge is -2.49. The Labute approximate surface area is 229 Å². The summed E-state index contributed by atoms with van der Waals surface area (Å²) in [6.07, 6.45) is 2.54. The van der Waals surface area contributed by atoms with Gasteiger partial charge in [0.15, 0.2) is 0 Å². The summed E-state index contributed by atoms with van der Waals surface area (Å²) in [6, 6.07) is 17.5. The molecule has 0 radical (unpaired) electrons. The molecule has 37 heavy (non-hydrogen) atoms. The minimum absolute atomic E-state index is 0.0125. The number of nitrogens with zero attached hydrogens (tertiary/aromatic N) is 3. The molecule has 0 bridgehead atoms. The molecule has 6 nitrogen and oxygen atoms in total. The fourth-order valence-electron chi connectivity index (χ4n) is 5.02. The predicted molar refractivity (Wildman–Crippen MR) is 150 cm³/mol. The van der Waals surface area contributed by atoms with Gasteiger partial charge in [0.05, 0.1) is 35.7 Å². The van der Waals surface area contributed by atoms with Crippen molar-refractivity contribution in [3.05, 3.63) is 87.7 Å². The lowest BCUT2D eigenvalue weighted by molar-refractivity contribution is 0.00294. The Morgan fingerprint density at radius 2 is 1.84 bits per heavy atom. The van der Waals surface area contributed by atoms with Crippen LogP contribution in [0.3, 0.4) is 0 Å². The number of halogens is 2. The highest BCUT2D eigenvalue weighted by molar-refractivity contribution is 6.33. The van der Waals surface area contributed by atoms with E-state index in [4.69, 9.17) is 27.9 Å². The highest BCUT2D eigenvalue weighted by Gasteiger charge is 2.37. The number of ether oxygens (including phenoxy) is 1. The summed E-state index contributed by atoms with van der Waals surface area (Å²) in [5.41, 5.74) is 2.20. The van der Waals surface area contributed by atoms with Crippen molar-refractivity contribution in [3.8, 4) is 5.75 Å². The molecule has 4 rings (SSSR count). The average Bonchev–Trinajstić information content (AvgIpc) is 2.88. The number of pyridine rings is 1. The first-order valence-corrected chi connectivity index (χ1v) is 13.4. The van der Waals surface area contributed by atoms with E-state index in [9.17, 15) is 10.2 Å².